The maximum absolute atomic E-state index is 13.2. The summed E-state index contributed by atoms with van der Waals surface area (Å²) < 4.78 is 41.2. The highest BCUT2D eigenvalue weighted by Gasteiger charge is 2.14. The molecule has 88 valence electrons. The lowest BCUT2D eigenvalue weighted by Gasteiger charge is -2.08. The van der Waals surface area contributed by atoms with Gasteiger partial charge in [-0.25, -0.2) is 9.38 Å². The molecule has 0 aliphatic carbocycles. The van der Waals surface area contributed by atoms with Gasteiger partial charge in [-0.1, -0.05) is 6.07 Å². The number of hydrogen-bond acceptors (Lipinski definition) is 2. The highest BCUT2D eigenvalue weighted by Crippen LogP contribution is 2.31. The van der Waals surface area contributed by atoms with Crippen LogP contribution < -0.4 is 10.5 Å². The van der Waals surface area contributed by atoms with Gasteiger partial charge in [0.15, 0.2) is 11.6 Å². The van der Waals surface area contributed by atoms with Gasteiger partial charge in [-0.2, -0.15) is 8.78 Å². The van der Waals surface area contributed by atoms with E-state index in [1.807, 2.05) is 0 Å². The molecule has 1 aromatic carbocycles. The van der Waals surface area contributed by atoms with E-state index in [-0.39, 0.29) is 17.4 Å². The molecule has 0 radical (unpaired) electrons. The average Bonchev–Trinajstić information content (AvgIpc) is 2.22. The van der Waals surface area contributed by atoms with E-state index in [1.165, 1.54) is 12.1 Å². The molecular weight excluding hydrogens is 245 g/mol. The molecule has 1 rings (SSSR count). The predicted molar refractivity (Wildman–Crippen MR) is 55.0 cm³/mol. The standard InChI is InChI=1S/C9H8ClF3N2O/c10-4-7(14)15-6-3-1-2-5(11)8(6)16-9(12)13/h1-3,9H,4H2,(H2,14,15). The second kappa shape index (κ2) is 5.60. The lowest BCUT2D eigenvalue weighted by Crippen LogP contribution is -2.12. The van der Waals surface area contributed by atoms with E-state index in [0.29, 0.717) is 0 Å². The first-order valence-corrected chi connectivity index (χ1v) is 4.70. The topological polar surface area (TPSA) is 47.6 Å². The second-order valence-corrected chi connectivity index (χ2v) is 2.97. The van der Waals surface area contributed by atoms with Crippen LogP contribution in [0, 0.1) is 5.82 Å². The van der Waals surface area contributed by atoms with Crippen LogP contribution in [0.5, 0.6) is 5.75 Å². The van der Waals surface area contributed by atoms with Gasteiger partial charge >= 0.3 is 6.61 Å². The summed E-state index contributed by atoms with van der Waals surface area (Å²) in [6, 6.07) is 3.57. The molecular formula is C9H8ClF3N2O. The minimum atomic E-state index is -3.14. The number of nitrogens with two attached hydrogens (primary N) is 1. The van der Waals surface area contributed by atoms with Crippen molar-refractivity contribution in [1.29, 1.82) is 0 Å². The molecule has 3 nitrogen and oxygen atoms in total. The Labute approximate surface area is 94.7 Å². The van der Waals surface area contributed by atoms with Gasteiger partial charge < -0.3 is 10.5 Å². The van der Waals surface area contributed by atoms with Gasteiger partial charge in [-0.3, -0.25) is 0 Å². The van der Waals surface area contributed by atoms with Crippen molar-refractivity contribution in [1.82, 2.24) is 0 Å². The molecule has 0 heterocycles. The Balaban J connectivity index is 3.12. The summed E-state index contributed by atoms with van der Waals surface area (Å²) >= 11 is 5.36. The largest absolute Gasteiger partial charge is 0.429 e. The van der Waals surface area contributed by atoms with Crippen molar-refractivity contribution in [2.45, 2.75) is 6.61 Å². The predicted octanol–water partition coefficient (Wildman–Crippen LogP) is 2.65. The Morgan fingerprint density at radius 1 is 1.50 bits per heavy atom. The van der Waals surface area contributed by atoms with E-state index in [4.69, 9.17) is 17.3 Å². The minimum absolute atomic E-state index is 0.0219. The fourth-order valence-electron chi connectivity index (χ4n) is 0.976. The Hall–Kier alpha value is -1.43. The summed E-state index contributed by atoms with van der Waals surface area (Å²) in [5.74, 6) is -1.70. The Morgan fingerprint density at radius 2 is 2.19 bits per heavy atom. The number of aliphatic imine (C=N–C) groups is 1. The zero-order valence-corrected chi connectivity index (χ0v) is 8.72. The van der Waals surface area contributed by atoms with Crippen LogP contribution >= 0.6 is 11.6 Å². The normalized spacial score (nSPS) is 11.9. The van der Waals surface area contributed by atoms with Crippen molar-refractivity contribution in [3.63, 3.8) is 0 Å². The molecule has 0 aliphatic heterocycles. The average molecular weight is 253 g/mol. The second-order valence-electron chi connectivity index (χ2n) is 2.70. The van der Waals surface area contributed by atoms with Crippen LogP contribution in [0.4, 0.5) is 18.9 Å². The number of alkyl halides is 3. The zero-order chi connectivity index (χ0) is 12.1. The van der Waals surface area contributed by atoms with Gasteiger partial charge in [0.1, 0.15) is 11.5 Å². The Kier molecular flexibility index (Phi) is 4.42. The maximum Gasteiger partial charge on any atom is 0.387 e. The third-order valence-corrected chi connectivity index (χ3v) is 1.83. The first-order valence-electron chi connectivity index (χ1n) is 4.17. The van der Waals surface area contributed by atoms with E-state index >= 15 is 0 Å². The summed E-state index contributed by atoms with van der Waals surface area (Å²) in [6.45, 7) is -3.14. The molecule has 16 heavy (non-hydrogen) atoms. The molecule has 0 spiro atoms. The number of ether oxygens (including phenoxy) is 1. The summed E-state index contributed by atoms with van der Waals surface area (Å²) in [7, 11) is 0. The molecule has 7 heteroatoms. The van der Waals surface area contributed by atoms with Gasteiger partial charge in [-0.15, -0.1) is 11.6 Å². The van der Waals surface area contributed by atoms with Crippen LogP contribution in [0.1, 0.15) is 0 Å². The van der Waals surface area contributed by atoms with Crippen molar-refractivity contribution >= 4 is 23.1 Å². The molecule has 1 aromatic rings. The monoisotopic (exact) mass is 252 g/mol. The maximum atomic E-state index is 13.2. The Morgan fingerprint density at radius 3 is 2.75 bits per heavy atom. The molecule has 0 amide bonds. The first-order chi connectivity index (χ1) is 7.54. The number of benzene rings is 1. The number of amidine groups is 1. The van der Waals surface area contributed by atoms with E-state index in [9.17, 15) is 13.2 Å². The fourth-order valence-corrected chi connectivity index (χ4v) is 1.04. The number of halogens is 4. The first kappa shape index (κ1) is 12.6. The number of para-hydroxylation sites is 1. The SMILES string of the molecule is NC(CCl)=Nc1cccc(F)c1OC(F)F. The van der Waals surface area contributed by atoms with Crippen LogP contribution in [0.15, 0.2) is 23.2 Å². The molecule has 2 N–H and O–H groups in total. The lowest BCUT2D eigenvalue weighted by molar-refractivity contribution is -0.0517. The quantitative estimate of drug-likeness (QED) is 0.509. The lowest BCUT2D eigenvalue weighted by atomic mass is 10.3. The van der Waals surface area contributed by atoms with Gasteiger partial charge in [0.25, 0.3) is 0 Å². The summed E-state index contributed by atoms with van der Waals surface area (Å²) in [4.78, 5) is 3.66. The van der Waals surface area contributed by atoms with Crippen LogP contribution in [-0.4, -0.2) is 18.3 Å². The van der Waals surface area contributed by atoms with Gasteiger partial charge in [-0.05, 0) is 12.1 Å². The van der Waals surface area contributed by atoms with E-state index in [0.717, 1.165) is 6.07 Å². The van der Waals surface area contributed by atoms with Gasteiger partial charge in [0, 0.05) is 0 Å². The molecule has 0 saturated carbocycles. The molecule has 0 saturated heterocycles. The highest BCUT2D eigenvalue weighted by molar-refractivity contribution is 6.28. The molecule has 0 fully saturated rings. The molecule has 0 bridgehead atoms. The van der Waals surface area contributed by atoms with E-state index in [1.54, 1.807) is 0 Å². The number of hydrogen-bond donors (Lipinski definition) is 1. The summed E-state index contributed by atoms with van der Waals surface area (Å²) in [5, 5.41) is 0. The van der Waals surface area contributed by atoms with Gasteiger partial charge in [0.2, 0.25) is 0 Å². The molecule has 0 atom stereocenters. The van der Waals surface area contributed by atoms with Crippen LogP contribution in [0.25, 0.3) is 0 Å². The van der Waals surface area contributed by atoms with Crippen LogP contribution in [-0.2, 0) is 0 Å². The third-order valence-electron chi connectivity index (χ3n) is 1.55. The molecule has 0 aromatic heterocycles. The third kappa shape index (κ3) is 3.30. The van der Waals surface area contributed by atoms with E-state index in [2.05, 4.69) is 9.73 Å². The minimum Gasteiger partial charge on any atom is -0.429 e. The Bertz CT molecular complexity index is 398. The van der Waals surface area contributed by atoms with Crippen molar-refractivity contribution in [3.05, 3.63) is 24.0 Å². The zero-order valence-electron chi connectivity index (χ0n) is 7.96. The smallest absolute Gasteiger partial charge is 0.387 e. The van der Waals surface area contributed by atoms with Crippen molar-refractivity contribution in [3.8, 4) is 5.75 Å². The van der Waals surface area contributed by atoms with Crippen molar-refractivity contribution in [2.24, 2.45) is 10.7 Å². The van der Waals surface area contributed by atoms with Crippen molar-refractivity contribution in [2.75, 3.05) is 5.88 Å². The summed E-state index contributed by atoms with van der Waals surface area (Å²) in [6.07, 6.45) is 0. The number of rotatable bonds is 4. The van der Waals surface area contributed by atoms with Crippen LogP contribution in [0.3, 0.4) is 0 Å². The molecule has 0 unspecified atom stereocenters. The fraction of sp³-hybridized carbons (Fsp3) is 0.222. The number of nitrogens with zero attached hydrogens (tertiary/aromatic N) is 1. The van der Waals surface area contributed by atoms with Crippen LogP contribution in [0.2, 0.25) is 0 Å². The highest BCUT2D eigenvalue weighted by atomic mass is 35.5. The van der Waals surface area contributed by atoms with Gasteiger partial charge in [0.05, 0.1) is 5.88 Å². The summed E-state index contributed by atoms with van der Waals surface area (Å²) in [5.41, 5.74) is 5.18. The van der Waals surface area contributed by atoms with E-state index < -0.39 is 18.2 Å². The van der Waals surface area contributed by atoms with Crippen molar-refractivity contribution < 1.29 is 17.9 Å². The molecule has 0 aliphatic rings.